The number of hydrogen-bond donors (Lipinski definition) is 1. The van der Waals surface area contributed by atoms with Crippen LogP contribution in [0.2, 0.25) is 0 Å². The van der Waals surface area contributed by atoms with Crippen LogP contribution in [-0.2, 0) is 6.54 Å². The fourth-order valence-corrected chi connectivity index (χ4v) is 5.14. The van der Waals surface area contributed by atoms with Crippen molar-refractivity contribution in [3.05, 3.63) is 34.9 Å². The summed E-state index contributed by atoms with van der Waals surface area (Å²) in [7, 11) is 0. The van der Waals surface area contributed by atoms with E-state index in [9.17, 15) is 0 Å². The Labute approximate surface area is 190 Å². The first-order valence-electron chi connectivity index (χ1n) is 11.6. The van der Waals surface area contributed by atoms with Gasteiger partial charge in [0.1, 0.15) is 5.76 Å². The molecule has 8 heteroatoms. The summed E-state index contributed by atoms with van der Waals surface area (Å²) in [4.78, 5) is 16.9. The molecular formula is C23H36N6OS. The molecule has 2 fully saturated rings. The standard InChI is InChI=1S/C23H36N6OS/c1-4-24-23(29-13-11-28(12-14-29)22-6-5-15-31-22)25-16-20-7-9-27(10-8-20)17-21-26-18(2)19(3)30-21/h5-6,15,20H,4,7-14,16-17H2,1-3H3,(H,24,25). The summed E-state index contributed by atoms with van der Waals surface area (Å²) in [5.41, 5.74) is 1.01. The summed E-state index contributed by atoms with van der Waals surface area (Å²) in [6.07, 6.45) is 2.38. The molecule has 1 N–H and O–H groups in total. The summed E-state index contributed by atoms with van der Waals surface area (Å²) in [5.74, 6) is 3.53. The maximum Gasteiger partial charge on any atom is 0.208 e. The number of likely N-dealkylation sites (tertiary alicyclic amines) is 1. The van der Waals surface area contributed by atoms with Crippen LogP contribution in [0.1, 0.15) is 37.1 Å². The van der Waals surface area contributed by atoms with Crippen molar-refractivity contribution in [1.29, 1.82) is 0 Å². The van der Waals surface area contributed by atoms with Gasteiger partial charge in [-0.2, -0.15) is 0 Å². The van der Waals surface area contributed by atoms with Crippen LogP contribution in [0.25, 0.3) is 0 Å². The Morgan fingerprint density at radius 1 is 1.19 bits per heavy atom. The molecule has 31 heavy (non-hydrogen) atoms. The van der Waals surface area contributed by atoms with Crippen LogP contribution in [0.4, 0.5) is 5.00 Å². The molecule has 2 aromatic heterocycles. The lowest BCUT2D eigenvalue weighted by atomic mass is 9.97. The fraction of sp³-hybridized carbons (Fsp3) is 0.652. The maximum absolute atomic E-state index is 5.76. The number of aliphatic imine (C=N–C) groups is 1. The minimum atomic E-state index is 0.658. The van der Waals surface area contributed by atoms with Crippen LogP contribution in [0.5, 0.6) is 0 Å². The number of oxazole rings is 1. The van der Waals surface area contributed by atoms with Gasteiger partial charge in [-0.25, -0.2) is 4.98 Å². The highest BCUT2D eigenvalue weighted by atomic mass is 32.1. The average Bonchev–Trinajstić information content (AvgIpc) is 3.42. The number of nitrogens with zero attached hydrogens (tertiary/aromatic N) is 5. The lowest BCUT2D eigenvalue weighted by molar-refractivity contribution is 0.166. The number of nitrogens with one attached hydrogen (secondary N) is 1. The van der Waals surface area contributed by atoms with E-state index in [2.05, 4.69) is 49.4 Å². The number of guanidine groups is 1. The van der Waals surface area contributed by atoms with Gasteiger partial charge in [0.25, 0.3) is 0 Å². The zero-order chi connectivity index (χ0) is 21.6. The Morgan fingerprint density at radius 3 is 2.58 bits per heavy atom. The van der Waals surface area contributed by atoms with E-state index < -0.39 is 0 Å². The number of piperidine rings is 1. The van der Waals surface area contributed by atoms with Gasteiger partial charge in [-0.1, -0.05) is 0 Å². The molecule has 2 aromatic rings. The van der Waals surface area contributed by atoms with Gasteiger partial charge in [-0.05, 0) is 70.1 Å². The molecule has 0 unspecified atom stereocenters. The molecule has 0 radical (unpaired) electrons. The molecular weight excluding hydrogens is 408 g/mol. The van der Waals surface area contributed by atoms with Crippen molar-refractivity contribution < 1.29 is 4.42 Å². The maximum atomic E-state index is 5.76. The first-order valence-corrected chi connectivity index (χ1v) is 12.5. The lowest BCUT2D eigenvalue weighted by Crippen LogP contribution is -2.52. The number of thiophene rings is 1. The minimum absolute atomic E-state index is 0.658. The highest BCUT2D eigenvalue weighted by Crippen LogP contribution is 2.23. The second-order valence-corrected chi connectivity index (χ2v) is 9.51. The molecule has 0 bridgehead atoms. The number of aryl methyl sites for hydroxylation is 2. The predicted molar refractivity (Wildman–Crippen MR) is 128 cm³/mol. The van der Waals surface area contributed by atoms with E-state index >= 15 is 0 Å². The Bertz CT molecular complexity index is 813. The monoisotopic (exact) mass is 444 g/mol. The third-order valence-corrected chi connectivity index (χ3v) is 7.30. The van der Waals surface area contributed by atoms with Gasteiger partial charge in [0.05, 0.1) is 17.2 Å². The number of piperazine rings is 1. The van der Waals surface area contributed by atoms with E-state index in [1.165, 1.54) is 17.8 Å². The topological polar surface area (TPSA) is 60.1 Å². The third-order valence-electron chi connectivity index (χ3n) is 6.37. The zero-order valence-corrected chi connectivity index (χ0v) is 20.0. The molecule has 0 amide bonds. The number of aromatic nitrogens is 1. The van der Waals surface area contributed by atoms with Gasteiger partial charge in [-0.15, -0.1) is 11.3 Å². The van der Waals surface area contributed by atoms with E-state index in [4.69, 9.17) is 9.41 Å². The van der Waals surface area contributed by atoms with Crippen LogP contribution in [0.3, 0.4) is 0 Å². The van der Waals surface area contributed by atoms with Gasteiger partial charge in [0.2, 0.25) is 5.89 Å². The van der Waals surface area contributed by atoms with Crippen LogP contribution >= 0.6 is 11.3 Å². The lowest BCUT2D eigenvalue weighted by Gasteiger charge is -2.37. The van der Waals surface area contributed by atoms with Crippen LogP contribution < -0.4 is 10.2 Å². The van der Waals surface area contributed by atoms with Gasteiger partial charge in [0.15, 0.2) is 5.96 Å². The minimum Gasteiger partial charge on any atom is -0.444 e. The molecule has 4 heterocycles. The normalized spacial score (nSPS) is 19.3. The molecule has 0 aromatic carbocycles. The molecule has 7 nitrogen and oxygen atoms in total. The average molecular weight is 445 g/mol. The van der Waals surface area contributed by atoms with E-state index in [-0.39, 0.29) is 0 Å². The summed E-state index contributed by atoms with van der Waals surface area (Å²) in [5, 5.41) is 7.06. The Balaban J connectivity index is 1.24. The highest BCUT2D eigenvalue weighted by molar-refractivity contribution is 7.14. The first-order chi connectivity index (χ1) is 15.1. The number of rotatable bonds is 6. The van der Waals surface area contributed by atoms with Crippen LogP contribution in [0.15, 0.2) is 26.9 Å². The molecule has 4 rings (SSSR count). The third kappa shape index (κ3) is 5.80. The zero-order valence-electron chi connectivity index (χ0n) is 19.1. The molecule has 0 spiro atoms. The van der Waals surface area contributed by atoms with Crippen LogP contribution in [0, 0.1) is 19.8 Å². The summed E-state index contributed by atoms with van der Waals surface area (Å²) >= 11 is 1.83. The van der Waals surface area contributed by atoms with E-state index in [0.717, 1.165) is 82.2 Å². The molecule has 2 aliphatic heterocycles. The second kappa shape index (κ2) is 10.5. The Morgan fingerprint density at radius 2 is 1.97 bits per heavy atom. The van der Waals surface area contributed by atoms with Crippen molar-refractivity contribution in [1.82, 2.24) is 20.1 Å². The van der Waals surface area contributed by atoms with Gasteiger partial charge >= 0.3 is 0 Å². The van der Waals surface area contributed by atoms with Crippen molar-refractivity contribution in [2.45, 2.75) is 40.2 Å². The molecule has 170 valence electrons. The summed E-state index contributed by atoms with van der Waals surface area (Å²) < 4.78 is 5.76. The second-order valence-electron chi connectivity index (χ2n) is 8.59. The Kier molecular flexibility index (Phi) is 7.50. The SMILES string of the molecule is CCNC(=NCC1CCN(Cc2nc(C)c(C)o2)CC1)N1CCN(c2cccs2)CC1. The van der Waals surface area contributed by atoms with Crippen molar-refractivity contribution in [2.24, 2.45) is 10.9 Å². The molecule has 2 aliphatic rings. The van der Waals surface area contributed by atoms with Crippen molar-refractivity contribution >= 4 is 22.3 Å². The van der Waals surface area contributed by atoms with Crippen molar-refractivity contribution in [2.75, 3.05) is 57.3 Å². The quantitative estimate of drug-likeness (QED) is 0.545. The fourth-order valence-electron chi connectivity index (χ4n) is 4.36. The molecule has 2 saturated heterocycles. The molecule has 0 saturated carbocycles. The van der Waals surface area contributed by atoms with E-state index in [0.29, 0.717) is 5.92 Å². The molecule has 0 aliphatic carbocycles. The van der Waals surface area contributed by atoms with E-state index in [1.54, 1.807) is 0 Å². The van der Waals surface area contributed by atoms with Gasteiger partial charge in [0, 0.05) is 39.3 Å². The first kappa shape index (κ1) is 22.1. The van der Waals surface area contributed by atoms with Crippen LogP contribution in [-0.4, -0.2) is 73.1 Å². The highest BCUT2D eigenvalue weighted by Gasteiger charge is 2.23. The molecule has 0 atom stereocenters. The number of anilines is 1. The number of hydrogen-bond acceptors (Lipinski definition) is 6. The predicted octanol–water partition coefficient (Wildman–Crippen LogP) is 3.35. The van der Waals surface area contributed by atoms with Gasteiger partial charge < -0.3 is 19.5 Å². The summed E-state index contributed by atoms with van der Waals surface area (Å²) in [6, 6.07) is 4.35. The van der Waals surface area contributed by atoms with Crippen molar-refractivity contribution in [3.8, 4) is 0 Å². The van der Waals surface area contributed by atoms with Gasteiger partial charge in [-0.3, -0.25) is 9.89 Å². The smallest absolute Gasteiger partial charge is 0.208 e. The van der Waals surface area contributed by atoms with E-state index in [1.807, 2.05) is 25.2 Å². The largest absolute Gasteiger partial charge is 0.444 e. The Hall–Kier alpha value is -2.06. The summed E-state index contributed by atoms with van der Waals surface area (Å²) in [6.45, 7) is 15.2. The van der Waals surface area contributed by atoms with Crippen molar-refractivity contribution in [3.63, 3.8) is 0 Å².